The van der Waals surface area contributed by atoms with Crippen LogP contribution in [0.2, 0.25) is 0 Å². The van der Waals surface area contributed by atoms with Crippen LogP contribution < -0.4 is 5.32 Å². The maximum atomic E-state index is 11.8. The highest BCUT2D eigenvalue weighted by atomic mass is 16.4. The van der Waals surface area contributed by atoms with Gasteiger partial charge in [0.25, 0.3) is 5.91 Å². The molecule has 0 radical (unpaired) electrons. The van der Waals surface area contributed by atoms with Gasteiger partial charge >= 0.3 is 5.97 Å². The Morgan fingerprint density at radius 1 is 1.33 bits per heavy atom. The number of furan rings is 1. The van der Waals surface area contributed by atoms with Gasteiger partial charge in [0.15, 0.2) is 5.76 Å². The molecular formula is C11H14N2O5. The van der Waals surface area contributed by atoms with Crippen molar-refractivity contribution in [1.82, 2.24) is 10.2 Å². The lowest BCUT2D eigenvalue weighted by Gasteiger charge is -2.14. The Morgan fingerprint density at radius 3 is 2.44 bits per heavy atom. The topological polar surface area (TPSA) is 99.9 Å². The third kappa shape index (κ3) is 3.34. The molecule has 1 aromatic heterocycles. The first-order valence-corrected chi connectivity index (χ1v) is 5.25. The van der Waals surface area contributed by atoms with E-state index in [9.17, 15) is 14.4 Å². The number of aromatic carboxylic acids is 1. The van der Waals surface area contributed by atoms with Crippen molar-refractivity contribution < 1.29 is 23.9 Å². The molecule has 0 bridgehead atoms. The molecule has 0 aliphatic heterocycles. The summed E-state index contributed by atoms with van der Waals surface area (Å²) in [7, 11) is 3.02. The number of rotatable bonds is 5. The van der Waals surface area contributed by atoms with E-state index in [0.29, 0.717) is 0 Å². The molecule has 0 aliphatic carbocycles. The minimum atomic E-state index is -1.23. The number of carboxylic acids is 1. The molecule has 7 nitrogen and oxygen atoms in total. The van der Waals surface area contributed by atoms with Gasteiger partial charge in [-0.15, -0.1) is 0 Å². The number of hydrogen-bond acceptors (Lipinski definition) is 4. The largest absolute Gasteiger partial charge is 0.475 e. The van der Waals surface area contributed by atoms with Gasteiger partial charge in [-0.2, -0.15) is 0 Å². The number of amides is 2. The van der Waals surface area contributed by atoms with Crippen LogP contribution in [0.4, 0.5) is 0 Å². The number of carbonyl (C=O) groups is 3. The highest BCUT2D eigenvalue weighted by Gasteiger charge is 2.18. The third-order valence-corrected chi connectivity index (χ3v) is 2.33. The average molecular weight is 254 g/mol. The summed E-state index contributed by atoms with van der Waals surface area (Å²) in [5.41, 5.74) is 0. The molecule has 0 aromatic carbocycles. The molecule has 0 saturated heterocycles. The van der Waals surface area contributed by atoms with Gasteiger partial charge in [-0.3, -0.25) is 9.59 Å². The van der Waals surface area contributed by atoms with Crippen LogP contribution in [-0.4, -0.2) is 48.4 Å². The summed E-state index contributed by atoms with van der Waals surface area (Å²) in [6.07, 6.45) is 0.172. The molecule has 0 unspecified atom stereocenters. The van der Waals surface area contributed by atoms with Crippen molar-refractivity contribution in [2.45, 2.75) is 6.42 Å². The zero-order valence-electron chi connectivity index (χ0n) is 10.1. The van der Waals surface area contributed by atoms with E-state index in [0.717, 1.165) is 0 Å². The zero-order valence-corrected chi connectivity index (χ0v) is 10.1. The first kappa shape index (κ1) is 13.8. The van der Waals surface area contributed by atoms with Crippen LogP contribution >= 0.6 is 0 Å². The molecule has 0 aliphatic rings. The zero-order chi connectivity index (χ0) is 13.7. The molecule has 98 valence electrons. The van der Waals surface area contributed by atoms with Crippen LogP contribution in [0.5, 0.6) is 0 Å². The first-order valence-electron chi connectivity index (χ1n) is 5.25. The highest BCUT2D eigenvalue weighted by Crippen LogP contribution is 2.10. The quantitative estimate of drug-likeness (QED) is 0.781. The van der Waals surface area contributed by atoms with Crippen LogP contribution in [0.3, 0.4) is 0 Å². The van der Waals surface area contributed by atoms with Crippen molar-refractivity contribution in [1.29, 1.82) is 0 Å². The summed E-state index contributed by atoms with van der Waals surface area (Å²) in [5, 5.41) is 11.1. The molecule has 0 atom stereocenters. The van der Waals surface area contributed by atoms with E-state index >= 15 is 0 Å². The second-order valence-corrected chi connectivity index (χ2v) is 3.62. The lowest BCUT2D eigenvalue weighted by atomic mass is 10.3. The van der Waals surface area contributed by atoms with Crippen LogP contribution in [-0.2, 0) is 4.79 Å². The van der Waals surface area contributed by atoms with E-state index in [4.69, 9.17) is 9.52 Å². The van der Waals surface area contributed by atoms with E-state index in [1.54, 1.807) is 0 Å². The SMILES string of the molecule is CNC(=O)CCN(C)C(=O)c1ccc(C(=O)O)o1. The third-order valence-electron chi connectivity index (χ3n) is 2.33. The molecule has 0 fully saturated rings. The fourth-order valence-corrected chi connectivity index (χ4v) is 1.25. The van der Waals surface area contributed by atoms with Gasteiger partial charge in [0.2, 0.25) is 11.7 Å². The standard InChI is InChI=1S/C11H14N2O5/c1-12-9(14)5-6-13(2)10(15)7-3-4-8(18-7)11(16)17/h3-4H,5-6H2,1-2H3,(H,12,14)(H,16,17). The van der Waals surface area contributed by atoms with Crippen molar-refractivity contribution in [3.63, 3.8) is 0 Å². The number of nitrogens with zero attached hydrogens (tertiary/aromatic N) is 1. The maximum absolute atomic E-state index is 11.8. The fourth-order valence-electron chi connectivity index (χ4n) is 1.25. The summed E-state index contributed by atoms with van der Waals surface area (Å²) in [5.74, 6) is -2.24. The highest BCUT2D eigenvalue weighted by molar-refractivity contribution is 5.93. The molecule has 1 rings (SSSR count). The molecule has 18 heavy (non-hydrogen) atoms. The Hall–Kier alpha value is -2.31. The van der Waals surface area contributed by atoms with Crippen molar-refractivity contribution in [2.24, 2.45) is 0 Å². The van der Waals surface area contributed by atoms with Crippen LogP contribution in [0.15, 0.2) is 16.5 Å². The van der Waals surface area contributed by atoms with Crippen molar-refractivity contribution in [3.05, 3.63) is 23.7 Å². The molecule has 1 heterocycles. The van der Waals surface area contributed by atoms with Gasteiger partial charge in [-0.1, -0.05) is 0 Å². The summed E-state index contributed by atoms with van der Waals surface area (Å²) in [6.45, 7) is 0.224. The second-order valence-electron chi connectivity index (χ2n) is 3.62. The van der Waals surface area contributed by atoms with Gasteiger partial charge < -0.3 is 19.7 Å². The Balaban J connectivity index is 2.62. The second kappa shape index (κ2) is 5.85. The molecule has 7 heteroatoms. The normalized spacial score (nSPS) is 9.89. The smallest absolute Gasteiger partial charge is 0.371 e. The van der Waals surface area contributed by atoms with E-state index in [2.05, 4.69) is 5.32 Å². The lowest BCUT2D eigenvalue weighted by Crippen LogP contribution is -2.31. The molecule has 1 aromatic rings. The Labute approximate surface area is 103 Å². The van der Waals surface area contributed by atoms with E-state index in [1.165, 1.54) is 31.1 Å². The minimum Gasteiger partial charge on any atom is -0.475 e. The summed E-state index contributed by atoms with van der Waals surface area (Å²) in [4.78, 5) is 34.7. The average Bonchev–Trinajstić information content (AvgIpc) is 2.84. The molecule has 0 spiro atoms. The summed E-state index contributed by atoms with van der Waals surface area (Å²) >= 11 is 0. The number of carbonyl (C=O) groups excluding carboxylic acids is 2. The Bertz CT molecular complexity index is 466. The van der Waals surface area contributed by atoms with Gasteiger partial charge in [-0.25, -0.2) is 4.79 Å². The number of hydrogen-bond donors (Lipinski definition) is 2. The van der Waals surface area contributed by atoms with Crippen LogP contribution in [0.25, 0.3) is 0 Å². The first-order chi connectivity index (χ1) is 8.45. The van der Waals surface area contributed by atoms with E-state index in [-0.39, 0.29) is 30.4 Å². The predicted octanol–water partition coefficient (Wildman–Crippen LogP) is 0.186. The summed E-state index contributed by atoms with van der Waals surface area (Å²) in [6, 6.07) is 2.50. The summed E-state index contributed by atoms with van der Waals surface area (Å²) < 4.78 is 4.87. The monoisotopic (exact) mass is 254 g/mol. The van der Waals surface area contributed by atoms with Crippen molar-refractivity contribution in [2.75, 3.05) is 20.6 Å². The molecule has 2 N–H and O–H groups in total. The minimum absolute atomic E-state index is 0.0631. The van der Waals surface area contributed by atoms with Gasteiger partial charge in [0.05, 0.1) is 0 Å². The molecule has 2 amide bonds. The molecule has 0 saturated carbocycles. The fraction of sp³-hybridized carbons (Fsp3) is 0.364. The van der Waals surface area contributed by atoms with E-state index < -0.39 is 11.9 Å². The van der Waals surface area contributed by atoms with Crippen LogP contribution in [0, 0.1) is 0 Å². The number of carboxylic acid groups (broad SMARTS) is 1. The van der Waals surface area contributed by atoms with Gasteiger partial charge in [0, 0.05) is 27.1 Å². The van der Waals surface area contributed by atoms with Gasteiger partial charge in [-0.05, 0) is 12.1 Å². The van der Waals surface area contributed by atoms with Crippen molar-refractivity contribution >= 4 is 17.8 Å². The number of nitrogens with one attached hydrogen (secondary N) is 1. The maximum Gasteiger partial charge on any atom is 0.371 e. The van der Waals surface area contributed by atoms with E-state index in [1.807, 2.05) is 0 Å². The lowest BCUT2D eigenvalue weighted by molar-refractivity contribution is -0.120. The van der Waals surface area contributed by atoms with Gasteiger partial charge in [0.1, 0.15) is 0 Å². The van der Waals surface area contributed by atoms with Crippen molar-refractivity contribution in [3.8, 4) is 0 Å². The predicted molar refractivity (Wildman–Crippen MR) is 61.3 cm³/mol. The Kier molecular flexibility index (Phi) is 4.47. The Morgan fingerprint density at radius 2 is 1.94 bits per heavy atom. The molecular weight excluding hydrogens is 240 g/mol. The van der Waals surface area contributed by atoms with Crippen LogP contribution in [0.1, 0.15) is 27.5 Å².